The summed E-state index contributed by atoms with van der Waals surface area (Å²) in [5, 5.41) is 23.5. The zero-order valence-corrected chi connectivity index (χ0v) is 13.6. The number of aliphatic hydroxyl groups is 1. The molecule has 1 amide bonds. The van der Waals surface area contributed by atoms with Gasteiger partial charge in [0.1, 0.15) is 0 Å². The fraction of sp³-hybridized carbons (Fsp3) is 0.176. The van der Waals surface area contributed by atoms with Crippen LogP contribution in [-0.2, 0) is 0 Å². The summed E-state index contributed by atoms with van der Waals surface area (Å²) in [6.45, 7) is 0.607. The van der Waals surface area contributed by atoms with E-state index in [9.17, 15) is 14.9 Å². The topological polar surface area (TPSA) is 108 Å². The number of benzene rings is 2. The van der Waals surface area contributed by atoms with Gasteiger partial charge in [0.15, 0.2) is 0 Å². The molecule has 2 aromatic rings. The summed E-state index contributed by atoms with van der Waals surface area (Å²) in [6.07, 6.45) is 1.48. The van der Waals surface area contributed by atoms with E-state index in [1.54, 1.807) is 0 Å². The maximum absolute atomic E-state index is 11.9. The fourth-order valence-corrected chi connectivity index (χ4v) is 2.08. The average Bonchev–Trinajstić information content (AvgIpc) is 2.62. The number of hydrazone groups is 1. The molecular weight excluding hydrogens is 324 g/mol. The number of aliphatic hydroxyl groups excluding tert-OH is 1. The van der Waals surface area contributed by atoms with Crippen LogP contribution in [0.5, 0.6) is 0 Å². The molecule has 0 aliphatic heterocycles. The molecule has 0 aliphatic rings. The number of hydrogen-bond donors (Lipinski definition) is 2. The molecule has 0 bridgehead atoms. The summed E-state index contributed by atoms with van der Waals surface area (Å²) in [5.74, 6) is -0.528. The molecule has 0 atom stereocenters. The minimum Gasteiger partial charge on any atom is -0.395 e. The second kappa shape index (κ2) is 8.55. The van der Waals surface area contributed by atoms with Gasteiger partial charge in [-0.3, -0.25) is 14.9 Å². The molecule has 0 fully saturated rings. The molecular formula is C17H18N4O4. The molecule has 0 aliphatic carbocycles. The van der Waals surface area contributed by atoms with Crippen molar-refractivity contribution < 1.29 is 14.8 Å². The Kier molecular flexibility index (Phi) is 6.19. The first kappa shape index (κ1) is 18.1. The number of nitrogens with one attached hydrogen (secondary N) is 1. The summed E-state index contributed by atoms with van der Waals surface area (Å²) in [5.41, 5.74) is 4.07. The van der Waals surface area contributed by atoms with Gasteiger partial charge in [-0.15, -0.1) is 0 Å². The number of nitro groups is 1. The number of non-ortho nitro benzene ring substituents is 1. The van der Waals surface area contributed by atoms with Gasteiger partial charge in [0, 0.05) is 37.0 Å². The van der Waals surface area contributed by atoms with E-state index in [0.29, 0.717) is 6.54 Å². The smallest absolute Gasteiger partial charge is 0.271 e. The molecule has 0 radical (unpaired) electrons. The summed E-state index contributed by atoms with van der Waals surface area (Å²) in [7, 11) is 1.87. The van der Waals surface area contributed by atoms with Crippen molar-refractivity contribution in [3.63, 3.8) is 0 Å². The van der Waals surface area contributed by atoms with E-state index in [0.717, 1.165) is 11.3 Å². The van der Waals surface area contributed by atoms with Crippen molar-refractivity contribution in [1.29, 1.82) is 0 Å². The molecule has 25 heavy (non-hydrogen) atoms. The number of amides is 1. The first-order valence-corrected chi connectivity index (χ1v) is 7.51. The molecule has 2 aromatic carbocycles. The highest BCUT2D eigenvalue weighted by Gasteiger charge is 2.10. The van der Waals surface area contributed by atoms with Crippen molar-refractivity contribution >= 4 is 23.5 Å². The van der Waals surface area contributed by atoms with Crippen molar-refractivity contribution in [1.82, 2.24) is 5.43 Å². The van der Waals surface area contributed by atoms with E-state index in [4.69, 9.17) is 5.11 Å². The second-order valence-corrected chi connectivity index (χ2v) is 5.24. The van der Waals surface area contributed by atoms with E-state index < -0.39 is 10.8 Å². The maximum atomic E-state index is 11.9. The number of carbonyl (C=O) groups is 1. The summed E-state index contributed by atoms with van der Waals surface area (Å²) in [6, 6.07) is 12.8. The minimum atomic E-state index is -0.560. The van der Waals surface area contributed by atoms with Gasteiger partial charge in [-0.05, 0) is 23.8 Å². The number of carbonyl (C=O) groups excluding carboxylic acids is 1. The molecule has 0 spiro atoms. The summed E-state index contributed by atoms with van der Waals surface area (Å²) in [4.78, 5) is 24.0. The average molecular weight is 342 g/mol. The molecule has 8 heteroatoms. The van der Waals surface area contributed by atoms with Crippen molar-refractivity contribution in [2.45, 2.75) is 0 Å². The van der Waals surface area contributed by atoms with Crippen LogP contribution in [0.1, 0.15) is 15.9 Å². The predicted molar refractivity (Wildman–Crippen MR) is 95.0 cm³/mol. The molecule has 0 aromatic heterocycles. The van der Waals surface area contributed by atoms with E-state index in [1.165, 1.54) is 30.5 Å². The number of nitro benzene ring substituents is 1. The lowest BCUT2D eigenvalue weighted by molar-refractivity contribution is -0.384. The highest BCUT2D eigenvalue weighted by atomic mass is 16.6. The quantitative estimate of drug-likeness (QED) is 0.453. The van der Waals surface area contributed by atoms with Gasteiger partial charge in [0.05, 0.1) is 17.7 Å². The van der Waals surface area contributed by atoms with Crippen molar-refractivity contribution in [3.05, 3.63) is 69.8 Å². The first-order chi connectivity index (χ1) is 12.0. The SMILES string of the molecule is CN(CCO)c1ccc(C=NNC(=O)c2cccc([N+](=O)[O-])c2)cc1. The molecule has 0 heterocycles. The van der Waals surface area contributed by atoms with Gasteiger partial charge < -0.3 is 10.0 Å². The lowest BCUT2D eigenvalue weighted by atomic mass is 10.2. The van der Waals surface area contributed by atoms with Crippen LogP contribution in [0, 0.1) is 10.1 Å². The van der Waals surface area contributed by atoms with Crippen LogP contribution >= 0.6 is 0 Å². The van der Waals surface area contributed by atoms with Crippen LogP contribution in [0.4, 0.5) is 11.4 Å². The Morgan fingerprint density at radius 1 is 1.32 bits per heavy atom. The van der Waals surface area contributed by atoms with Crippen LogP contribution in [0.3, 0.4) is 0 Å². The zero-order valence-electron chi connectivity index (χ0n) is 13.6. The molecule has 0 saturated heterocycles. The van der Waals surface area contributed by atoms with E-state index in [1.807, 2.05) is 36.2 Å². The Labute approximate surface area is 144 Å². The highest BCUT2D eigenvalue weighted by molar-refractivity contribution is 5.95. The maximum Gasteiger partial charge on any atom is 0.271 e. The highest BCUT2D eigenvalue weighted by Crippen LogP contribution is 2.13. The minimum absolute atomic E-state index is 0.0728. The molecule has 130 valence electrons. The zero-order chi connectivity index (χ0) is 18.2. The lowest BCUT2D eigenvalue weighted by Gasteiger charge is -2.17. The van der Waals surface area contributed by atoms with E-state index in [2.05, 4.69) is 10.5 Å². The Hall–Kier alpha value is -3.26. The first-order valence-electron chi connectivity index (χ1n) is 7.51. The molecule has 2 rings (SSSR count). The van der Waals surface area contributed by atoms with Crippen LogP contribution in [-0.4, -0.2) is 42.4 Å². The van der Waals surface area contributed by atoms with Crippen LogP contribution < -0.4 is 10.3 Å². The number of likely N-dealkylation sites (N-methyl/N-ethyl adjacent to an activating group) is 1. The normalized spacial score (nSPS) is 10.6. The number of anilines is 1. The van der Waals surface area contributed by atoms with Crippen LogP contribution in [0.15, 0.2) is 53.6 Å². The van der Waals surface area contributed by atoms with Gasteiger partial charge in [-0.2, -0.15) is 5.10 Å². The van der Waals surface area contributed by atoms with E-state index in [-0.39, 0.29) is 17.9 Å². The summed E-state index contributed by atoms with van der Waals surface area (Å²) >= 11 is 0. The van der Waals surface area contributed by atoms with Crippen LogP contribution in [0.25, 0.3) is 0 Å². The predicted octanol–water partition coefficient (Wildman–Crippen LogP) is 1.79. The molecule has 8 nitrogen and oxygen atoms in total. The van der Waals surface area contributed by atoms with Gasteiger partial charge in [0.2, 0.25) is 0 Å². The van der Waals surface area contributed by atoms with Gasteiger partial charge in [-0.25, -0.2) is 5.43 Å². The number of nitrogens with zero attached hydrogens (tertiary/aromatic N) is 3. The van der Waals surface area contributed by atoms with E-state index >= 15 is 0 Å². The Bertz CT molecular complexity index is 774. The van der Waals surface area contributed by atoms with Crippen molar-refractivity contribution in [3.8, 4) is 0 Å². The summed E-state index contributed by atoms with van der Waals surface area (Å²) < 4.78 is 0. The fourth-order valence-electron chi connectivity index (χ4n) is 2.08. The monoisotopic (exact) mass is 342 g/mol. The van der Waals surface area contributed by atoms with Gasteiger partial charge in [-0.1, -0.05) is 18.2 Å². The Morgan fingerprint density at radius 3 is 2.68 bits per heavy atom. The molecule has 2 N–H and O–H groups in total. The van der Waals surface area contributed by atoms with Crippen molar-refractivity contribution in [2.24, 2.45) is 5.10 Å². The lowest BCUT2D eigenvalue weighted by Crippen LogP contribution is -2.20. The second-order valence-electron chi connectivity index (χ2n) is 5.24. The molecule has 0 saturated carbocycles. The third kappa shape index (κ3) is 5.11. The van der Waals surface area contributed by atoms with Crippen LogP contribution in [0.2, 0.25) is 0 Å². The van der Waals surface area contributed by atoms with Crippen molar-refractivity contribution in [2.75, 3.05) is 25.1 Å². The third-order valence-corrected chi connectivity index (χ3v) is 3.47. The number of rotatable bonds is 7. The standard InChI is InChI=1S/C17H18N4O4/c1-20(9-10-22)15-7-5-13(6-8-15)12-18-19-17(23)14-3-2-4-16(11-14)21(24)25/h2-8,11-12,22H,9-10H2,1H3,(H,19,23). The van der Waals surface area contributed by atoms with Gasteiger partial charge >= 0.3 is 0 Å². The Balaban J connectivity index is 1.97. The largest absolute Gasteiger partial charge is 0.395 e. The Morgan fingerprint density at radius 2 is 2.04 bits per heavy atom. The number of hydrogen-bond acceptors (Lipinski definition) is 6. The van der Waals surface area contributed by atoms with Gasteiger partial charge in [0.25, 0.3) is 11.6 Å². The molecule has 0 unspecified atom stereocenters. The third-order valence-electron chi connectivity index (χ3n) is 3.47.